The van der Waals surface area contributed by atoms with Gasteiger partial charge >= 0.3 is 18.2 Å². The average Bonchev–Trinajstić information content (AvgIpc) is 2.88. The lowest BCUT2D eigenvalue weighted by atomic mass is 9.53. The van der Waals surface area contributed by atoms with Gasteiger partial charge < -0.3 is 14.9 Å². The maximum atomic E-state index is 12.7. The molecule has 1 saturated heterocycles. The lowest BCUT2D eigenvalue weighted by Crippen LogP contribution is -2.76. The Hall–Kier alpha value is -2.00. The number of oxazole rings is 1. The number of halogens is 4. The number of nitrogens with zero attached hydrogens (tertiary/aromatic N) is 2. The second kappa shape index (κ2) is 5.26. The number of fused-ring (bicyclic) bond motifs is 1. The topological polar surface area (TPSA) is 81.6 Å². The van der Waals surface area contributed by atoms with Gasteiger partial charge in [-0.05, 0) is 38.0 Å². The van der Waals surface area contributed by atoms with E-state index in [1.165, 1.54) is 4.90 Å². The van der Waals surface area contributed by atoms with Gasteiger partial charge in [-0.25, -0.2) is 4.79 Å². The molecule has 1 aromatic carbocycles. The molecule has 2 aromatic rings. The molecule has 1 aliphatic carbocycles. The zero-order valence-corrected chi connectivity index (χ0v) is 14.4. The quantitative estimate of drug-likeness (QED) is 0.794. The Balaban J connectivity index is 1.63. The number of nitrogens with two attached hydrogens (primary N) is 1. The zero-order chi connectivity index (χ0) is 18.9. The van der Waals surface area contributed by atoms with Crippen molar-refractivity contribution in [1.82, 2.24) is 4.98 Å². The summed E-state index contributed by atoms with van der Waals surface area (Å²) in [5, 5.41) is 0.454. The van der Waals surface area contributed by atoms with Crippen molar-refractivity contribution >= 4 is 34.7 Å². The molecule has 2 aliphatic rings. The predicted octanol–water partition coefficient (Wildman–Crippen LogP) is 3.23. The first-order chi connectivity index (χ1) is 12.0. The highest BCUT2D eigenvalue weighted by atomic mass is 35.5. The first kappa shape index (κ1) is 17.4. The van der Waals surface area contributed by atoms with Crippen LogP contribution >= 0.6 is 11.6 Å². The summed E-state index contributed by atoms with van der Waals surface area (Å²) in [6.45, 7) is 2.15. The molecule has 1 aliphatic heterocycles. The normalized spacial score (nSPS) is 31.0. The fraction of sp³-hybridized carbons (Fsp3) is 0.500. The number of carbonyl (C=O) groups excluding carboxylic acids is 1. The van der Waals surface area contributed by atoms with E-state index in [2.05, 4.69) is 4.98 Å². The van der Waals surface area contributed by atoms with Gasteiger partial charge in [0.15, 0.2) is 11.8 Å². The highest BCUT2D eigenvalue weighted by Crippen LogP contribution is 2.58. The summed E-state index contributed by atoms with van der Waals surface area (Å²) < 4.78 is 48.4. The second-order valence-electron chi connectivity index (χ2n) is 7.36. The van der Waals surface area contributed by atoms with Crippen molar-refractivity contribution in [3.8, 4) is 0 Å². The van der Waals surface area contributed by atoms with Crippen LogP contribution in [-0.2, 0) is 9.53 Å². The summed E-state index contributed by atoms with van der Waals surface area (Å²) >= 11 is 5.91. The van der Waals surface area contributed by atoms with Gasteiger partial charge in [0.1, 0.15) is 5.52 Å². The molecule has 4 rings (SSSR count). The van der Waals surface area contributed by atoms with E-state index in [1.54, 1.807) is 18.2 Å². The van der Waals surface area contributed by atoms with Crippen molar-refractivity contribution in [3.63, 3.8) is 0 Å². The summed E-state index contributed by atoms with van der Waals surface area (Å²) in [6, 6.07) is 4.89. The zero-order valence-electron chi connectivity index (χ0n) is 13.6. The van der Waals surface area contributed by atoms with Crippen molar-refractivity contribution in [2.45, 2.75) is 37.7 Å². The molecule has 2 heterocycles. The fourth-order valence-corrected chi connectivity index (χ4v) is 4.26. The van der Waals surface area contributed by atoms with Crippen LogP contribution in [0.5, 0.6) is 0 Å². The van der Waals surface area contributed by atoms with Gasteiger partial charge in [-0.1, -0.05) is 11.6 Å². The molecule has 0 radical (unpaired) electrons. The van der Waals surface area contributed by atoms with Gasteiger partial charge in [-0.3, -0.25) is 4.90 Å². The minimum absolute atomic E-state index is 0.0819. The SMILES string of the molecule is CC1(N)CC2(CN(c3nc4cc(Cl)ccc4o3)C2OC(=O)C(F)(F)F)C1. The number of hydrogen-bond acceptors (Lipinski definition) is 6. The van der Waals surface area contributed by atoms with E-state index in [0.717, 1.165) is 0 Å². The van der Waals surface area contributed by atoms with Crippen LogP contribution in [0.3, 0.4) is 0 Å². The molecule has 26 heavy (non-hydrogen) atoms. The van der Waals surface area contributed by atoms with Gasteiger partial charge in [-0.15, -0.1) is 0 Å². The van der Waals surface area contributed by atoms with Crippen molar-refractivity contribution in [2.24, 2.45) is 11.1 Å². The molecule has 2 fully saturated rings. The number of ether oxygens (including phenoxy) is 1. The van der Waals surface area contributed by atoms with Crippen molar-refractivity contribution < 1.29 is 27.1 Å². The third kappa shape index (κ3) is 2.69. The summed E-state index contributed by atoms with van der Waals surface area (Å²) in [4.78, 5) is 17.0. The maximum Gasteiger partial charge on any atom is 0.491 e. The Labute approximate surface area is 151 Å². The molecule has 6 nitrogen and oxygen atoms in total. The van der Waals surface area contributed by atoms with Crippen LogP contribution in [0.1, 0.15) is 19.8 Å². The number of esters is 1. The maximum absolute atomic E-state index is 12.7. The van der Waals surface area contributed by atoms with E-state index in [-0.39, 0.29) is 6.01 Å². The van der Waals surface area contributed by atoms with E-state index < -0.39 is 29.3 Å². The second-order valence-corrected chi connectivity index (χ2v) is 7.80. The van der Waals surface area contributed by atoms with Gasteiger partial charge in [0.05, 0.1) is 0 Å². The number of rotatable bonds is 2. The minimum atomic E-state index is -5.08. The largest absolute Gasteiger partial charge is 0.491 e. The summed E-state index contributed by atoms with van der Waals surface area (Å²) in [5.74, 6) is -2.24. The first-order valence-electron chi connectivity index (χ1n) is 7.89. The molecule has 0 bridgehead atoms. The number of alkyl halides is 3. The van der Waals surface area contributed by atoms with Crippen molar-refractivity contribution in [3.05, 3.63) is 23.2 Å². The van der Waals surface area contributed by atoms with Crippen LogP contribution in [0.25, 0.3) is 11.1 Å². The van der Waals surface area contributed by atoms with Crippen LogP contribution in [0.2, 0.25) is 5.02 Å². The van der Waals surface area contributed by atoms with Crippen LogP contribution in [0.15, 0.2) is 22.6 Å². The molecule has 1 unspecified atom stereocenters. The summed E-state index contributed by atoms with van der Waals surface area (Å²) in [6.07, 6.45) is -5.32. The van der Waals surface area contributed by atoms with E-state index in [0.29, 0.717) is 35.5 Å². The highest BCUT2D eigenvalue weighted by molar-refractivity contribution is 6.31. The standard InChI is InChI=1S/C16H15ClF3N3O3/c1-14(21)5-15(6-14)7-23(11(15)26-12(24)16(18,19)20)13-22-9-4-8(17)2-3-10(9)25-13/h2-4,11H,5-7,21H2,1H3. The molecule has 1 saturated carbocycles. The summed E-state index contributed by atoms with van der Waals surface area (Å²) in [7, 11) is 0. The van der Waals surface area contributed by atoms with E-state index in [1.807, 2.05) is 6.92 Å². The first-order valence-corrected chi connectivity index (χ1v) is 8.26. The monoisotopic (exact) mass is 389 g/mol. The van der Waals surface area contributed by atoms with E-state index in [9.17, 15) is 18.0 Å². The molecule has 2 N–H and O–H groups in total. The lowest BCUT2D eigenvalue weighted by molar-refractivity contribution is -0.226. The third-order valence-corrected chi connectivity index (χ3v) is 5.07. The number of aromatic nitrogens is 1. The number of benzene rings is 1. The predicted molar refractivity (Wildman–Crippen MR) is 86.6 cm³/mol. The lowest BCUT2D eigenvalue weighted by Gasteiger charge is -2.65. The number of carbonyl (C=O) groups is 1. The van der Waals surface area contributed by atoms with Crippen molar-refractivity contribution in [2.75, 3.05) is 11.4 Å². The molecule has 1 spiro atoms. The Morgan fingerprint density at radius 2 is 2.15 bits per heavy atom. The molecular formula is C16H15ClF3N3O3. The number of anilines is 1. The average molecular weight is 390 g/mol. The molecule has 1 atom stereocenters. The molecule has 140 valence electrons. The molecule has 0 amide bonds. The minimum Gasteiger partial charge on any atom is -0.434 e. The highest BCUT2D eigenvalue weighted by Gasteiger charge is 2.66. The fourth-order valence-electron chi connectivity index (χ4n) is 4.10. The van der Waals surface area contributed by atoms with Gasteiger partial charge in [0, 0.05) is 22.5 Å². The van der Waals surface area contributed by atoms with Gasteiger partial charge in [0.25, 0.3) is 0 Å². The Morgan fingerprint density at radius 3 is 2.77 bits per heavy atom. The van der Waals surface area contributed by atoms with Gasteiger partial charge in [-0.2, -0.15) is 18.2 Å². The van der Waals surface area contributed by atoms with Crippen LogP contribution < -0.4 is 10.6 Å². The van der Waals surface area contributed by atoms with Crippen LogP contribution in [0.4, 0.5) is 19.2 Å². The molecular weight excluding hydrogens is 375 g/mol. The molecule has 1 aromatic heterocycles. The van der Waals surface area contributed by atoms with E-state index >= 15 is 0 Å². The number of hydrogen-bond donors (Lipinski definition) is 1. The smallest absolute Gasteiger partial charge is 0.434 e. The third-order valence-electron chi connectivity index (χ3n) is 4.84. The van der Waals surface area contributed by atoms with Crippen LogP contribution in [0, 0.1) is 5.41 Å². The Bertz CT molecular complexity index is 888. The van der Waals surface area contributed by atoms with Crippen molar-refractivity contribution in [1.29, 1.82) is 0 Å². The van der Waals surface area contributed by atoms with Crippen LogP contribution in [-0.4, -0.2) is 35.4 Å². The summed E-state index contributed by atoms with van der Waals surface area (Å²) in [5.41, 5.74) is 5.79. The Morgan fingerprint density at radius 1 is 1.46 bits per heavy atom. The molecule has 10 heteroatoms. The van der Waals surface area contributed by atoms with E-state index in [4.69, 9.17) is 26.5 Å². The van der Waals surface area contributed by atoms with Gasteiger partial charge in [0.2, 0.25) is 0 Å². The Kier molecular flexibility index (Phi) is 3.52.